The fourth-order valence-electron chi connectivity index (χ4n) is 2.48. The van der Waals surface area contributed by atoms with Crippen LogP contribution in [0.4, 0.5) is 0 Å². The number of piperidine rings is 1. The fourth-order valence-corrected chi connectivity index (χ4v) is 2.48. The van der Waals surface area contributed by atoms with Crippen LogP contribution in [-0.4, -0.2) is 72.4 Å². The zero-order valence-corrected chi connectivity index (χ0v) is 12.0. The van der Waals surface area contributed by atoms with Gasteiger partial charge in [0.05, 0.1) is 5.92 Å². The molecule has 0 aliphatic carbocycles. The number of nitrogens with one attached hydrogen (secondary N) is 2. The minimum absolute atomic E-state index is 0.0746. The first-order valence-electron chi connectivity index (χ1n) is 7.06. The van der Waals surface area contributed by atoms with Crippen molar-refractivity contribution in [2.45, 2.75) is 25.8 Å². The molecule has 1 rings (SSSR count). The molecule has 4 N–H and O–H groups in total. The summed E-state index contributed by atoms with van der Waals surface area (Å²) in [6.45, 7) is 4.77. The maximum absolute atomic E-state index is 11.2. The molecule has 0 bridgehead atoms. The van der Waals surface area contributed by atoms with Crippen molar-refractivity contribution in [2.24, 2.45) is 5.92 Å². The van der Waals surface area contributed by atoms with Crippen molar-refractivity contribution < 1.29 is 19.8 Å². The van der Waals surface area contributed by atoms with Crippen LogP contribution in [0.1, 0.15) is 19.8 Å². The van der Waals surface area contributed by atoms with Gasteiger partial charge in [-0.15, -0.1) is 0 Å². The van der Waals surface area contributed by atoms with Crippen LogP contribution in [0, 0.1) is 5.92 Å². The van der Waals surface area contributed by atoms with Gasteiger partial charge in [-0.25, -0.2) is 0 Å². The number of nitrogens with zero attached hydrogens (tertiary/aromatic N) is 1. The zero-order chi connectivity index (χ0) is 15.0. The van der Waals surface area contributed by atoms with E-state index in [1.807, 2.05) is 0 Å². The van der Waals surface area contributed by atoms with Crippen molar-refractivity contribution >= 4 is 11.9 Å². The van der Waals surface area contributed by atoms with Crippen LogP contribution >= 0.6 is 0 Å². The Morgan fingerprint density at radius 3 is 2.65 bits per heavy atom. The largest absolute Gasteiger partial charge is 0.481 e. The third-order valence-corrected chi connectivity index (χ3v) is 3.45. The van der Waals surface area contributed by atoms with E-state index in [0.717, 1.165) is 6.54 Å². The molecule has 1 saturated heterocycles. The highest BCUT2D eigenvalue weighted by Gasteiger charge is 2.30. The number of aliphatic hydroxyl groups is 1. The Balaban J connectivity index is 2.43. The first-order chi connectivity index (χ1) is 9.52. The predicted molar refractivity (Wildman–Crippen MR) is 74.4 cm³/mol. The number of hydrogen-bond donors (Lipinski definition) is 4. The van der Waals surface area contributed by atoms with E-state index in [4.69, 9.17) is 5.11 Å². The minimum Gasteiger partial charge on any atom is -0.481 e. The van der Waals surface area contributed by atoms with Crippen molar-refractivity contribution in [1.82, 2.24) is 15.5 Å². The lowest BCUT2D eigenvalue weighted by molar-refractivity contribution is -0.144. The number of carboxylic acids is 1. The van der Waals surface area contributed by atoms with Gasteiger partial charge < -0.3 is 20.8 Å². The molecule has 0 spiro atoms. The van der Waals surface area contributed by atoms with Crippen LogP contribution in [0.3, 0.4) is 0 Å². The Kier molecular flexibility index (Phi) is 7.50. The molecule has 1 amide bonds. The van der Waals surface area contributed by atoms with Crippen LogP contribution in [0.15, 0.2) is 0 Å². The molecule has 7 heteroatoms. The van der Waals surface area contributed by atoms with E-state index in [0.29, 0.717) is 39.0 Å². The molecule has 1 aliphatic heterocycles. The van der Waals surface area contributed by atoms with Crippen molar-refractivity contribution in [1.29, 1.82) is 0 Å². The number of rotatable bonds is 8. The van der Waals surface area contributed by atoms with E-state index in [2.05, 4.69) is 15.5 Å². The number of amides is 1. The lowest BCUT2D eigenvalue weighted by Gasteiger charge is -2.36. The number of carboxylic acid groups (broad SMARTS) is 1. The summed E-state index contributed by atoms with van der Waals surface area (Å²) in [6, 6.07) is 0.119. The number of carbonyl (C=O) groups is 2. The van der Waals surface area contributed by atoms with E-state index in [-0.39, 0.29) is 24.5 Å². The SMILES string of the molecule is CC(=O)NCCN1CC(NCCCO)CC(C(=O)O)C1. The van der Waals surface area contributed by atoms with Crippen molar-refractivity contribution in [3.8, 4) is 0 Å². The smallest absolute Gasteiger partial charge is 0.307 e. The van der Waals surface area contributed by atoms with Crippen LogP contribution in [-0.2, 0) is 9.59 Å². The number of hydrogen-bond acceptors (Lipinski definition) is 5. The average molecular weight is 287 g/mol. The molecule has 1 heterocycles. The fraction of sp³-hybridized carbons (Fsp3) is 0.846. The molecule has 1 aliphatic rings. The van der Waals surface area contributed by atoms with Crippen LogP contribution < -0.4 is 10.6 Å². The molecule has 2 atom stereocenters. The summed E-state index contributed by atoms with van der Waals surface area (Å²) in [7, 11) is 0. The van der Waals surface area contributed by atoms with Crippen molar-refractivity contribution in [3.63, 3.8) is 0 Å². The average Bonchev–Trinajstić information content (AvgIpc) is 2.38. The molecule has 0 aromatic rings. The van der Waals surface area contributed by atoms with Gasteiger partial charge in [0.1, 0.15) is 0 Å². The molecule has 1 fully saturated rings. The van der Waals surface area contributed by atoms with E-state index in [9.17, 15) is 14.7 Å². The summed E-state index contributed by atoms with van der Waals surface area (Å²) >= 11 is 0. The summed E-state index contributed by atoms with van der Waals surface area (Å²) in [5.74, 6) is -1.23. The summed E-state index contributed by atoms with van der Waals surface area (Å²) < 4.78 is 0. The van der Waals surface area contributed by atoms with Crippen molar-refractivity contribution in [2.75, 3.05) is 39.3 Å². The van der Waals surface area contributed by atoms with Gasteiger partial charge in [-0.05, 0) is 19.4 Å². The first kappa shape index (κ1) is 16.9. The van der Waals surface area contributed by atoms with Gasteiger partial charge >= 0.3 is 5.97 Å². The molecule has 0 aromatic carbocycles. The molecule has 0 saturated carbocycles. The lowest BCUT2D eigenvalue weighted by atomic mass is 9.94. The number of aliphatic carboxylic acids is 1. The molecule has 0 aromatic heterocycles. The van der Waals surface area contributed by atoms with E-state index in [1.54, 1.807) is 0 Å². The van der Waals surface area contributed by atoms with Gasteiger partial charge in [-0.2, -0.15) is 0 Å². The molecular weight excluding hydrogens is 262 g/mol. The number of likely N-dealkylation sites (tertiary alicyclic amines) is 1. The van der Waals surface area contributed by atoms with Gasteiger partial charge in [0.2, 0.25) is 5.91 Å². The third-order valence-electron chi connectivity index (χ3n) is 3.45. The van der Waals surface area contributed by atoms with Crippen LogP contribution in [0.25, 0.3) is 0 Å². The maximum atomic E-state index is 11.2. The zero-order valence-electron chi connectivity index (χ0n) is 12.0. The lowest BCUT2D eigenvalue weighted by Crippen LogP contribution is -2.52. The Hall–Kier alpha value is -1.18. The highest BCUT2D eigenvalue weighted by atomic mass is 16.4. The Morgan fingerprint density at radius 1 is 1.30 bits per heavy atom. The van der Waals surface area contributed by atoms with Gasteiger partial charge in [-0.3, -0.25) is 14.5 Å². The summed E-state index contributed by atoms with van der Waals surface area (Å²) in [4.78, 5) is 24.1. The quantitative estimate of drug-likeness (QED) is 0.421. The molecule has 7 nitrogen and oxygen atoms in total. The van der Waals surface area contributed by atoms with Gasteiger partial charge in [0.15, 0.2) is 0 Å². The first-order valence-corrected chi connectivity index (χ1v) is 7.06. The van der Waals surface area contributed by atoms with Gasteiger partial charge in [-0.1, -0.05) is 0 Å². The van der Waals surface area contributed by atoms with E-state index < -0.39 is 5.97 Å². The second kappa shape index (κ2) is 8.89. The predicted octanol–water partition coefficient (Wildman–Crippen LogP) is -1.13. The monoisotopic (exact) mass is 287 g/mol. The Labute approximate surface area is 119 Å². The maximum Gasteiger partial charge on any atom is 0.307 e. The van der Waals surface area contributed by atoms with Crippen LogP contribution in [0.2, 0.25) is 0 Å². The summed E-state index contributed by atoms with van der Waals surface area (Å²) in [5.41, 5.74) is 0. The molecular formula is C13H25N3O4. The third kappa shape index (κ3) is 6.31. The summed E-state index contributed by atoms with van der Waals surface area (Å²) in [6.07, 6.45) is 1.28. The normalized spacial score (nSPS) is 23.5. The van der Waals surface area contributed by atoms with Gasteiger partial charge in [0, 0.05) is 45.8 Å². The van der Waals surface area contributed by atoms with Crippen LogP contribution in [0.5, 0.6) is 0 Å². The van der Waals surface area contributed by atoms with E-state index >= 15 is 0 Å². The highest BCUT2D eigenvalue weighted by molar-refractivity contribution is 5.72. The Morgan fingerprint density at radius 2 is 2.05 bits per heavy atom. The number of aliphatic hydroxyl groups excluding tert-OH is 1. The molecule has 2 unspecified atom stereocenters. The molecule has 20 heavy (non-hydrogen) atoms. The van der Waals surface area contributed by atoms with Crippen molar-refractivity contribution in [3.05, 3.63) is 0 Å². The van der Waals surface area contributed by atoms with E-state index in [1.165, 1.54) is 6.92 Å². The molecule has 0 radical (unpaired) electrons. The second-order valence-corrected chi connectivity index (χ2v) is 5.24. The highest BCUT2D eigenvalue weighted by Crippen LogP contribution is 2.17. The topological polar surface area (TPSA) is 102 Å². The van der Waals surface area contributed by atoms with Gasteiger partial charge in [0.25, 0.3) is 0 Å². The minimum atomic E-state index is -0.775. The standard InChI is InChI=1S/C13H25N3O4/c1-10(18)14-4-5-16-8-11(13(19)20)7-12(9-16)15-3-2-6-17/h11-12,15,17H,2-9H2,1H3,(H,14,18)(H,19,20). The number of carbonyl (C=O) groups excluding carboxylic acids is 1. The Bertz CT molecular complexity index is 325. The second-order valence-electron chi connectivity index (χ2n) is 5.24. The summed E-state index contributed by atoms with van der Waals surface area (Å²) in [5, 5.41) is 24.0. The molecule has 116 valence electrons.